The lowest BCUT2D eigenvalue weighted by molar-refractivity contribution is 0.990. The van der Waals surface area contributed by atoms with Crippen molar-refractivity contribution >= 4 is 62.3 Å². The number of hydrogen-bond acceptors (Lipinski definition) is 2. The predicted molar refractivity (Wildman–Crippen MR) is 106 cm³/mol. The first-order valence-electron chi connectivity index (χ1n) is 6.76. The smallest absolute Gasteiger partial charge is 0.170 e. The maximum Gasteiger partial charge on any atom is 0.170 e. The average molecular weight is 416 g/mol. The van der Waals surface area contributed by atoms with Gasteiger partial charge in [0, 0.05) is 33.2 Å². The van der Waals surface area contributed by atoms with Crippen molar-refractivity contribution in [2.24, 2.45) is 0 Å². The molecule has 0 aromatic heterocycles. The first-order valence-corrected chi connectivity index (χ1v) is 9.49. The lowest BCUT2D eigenvalue weighted by Crippen LogP contribution is -2.30. The third-order valence-corrected chi connectivity index (χ3v) is 4.87. The van der Waals surface area contributed by atoms with Crippen LogP contribution in [0.3, 0.4) is 0 Å². The number of benzene rings is 2. The van der Waals surface area contributed by atoms with Crippen molar-refractivity contribution in [3.63, 3.8) is 0 Å². The summed E-state index contributed by atoms with van der Waals surface area (Å²) in [6.07, 6.45) is 0. The fraction of sp³-hybridized carbons (Fsp3) is 0.188. The minimum atomic E-state index is 0.648. The lowest BCUT2D eigenvalue weighted by atomic mass is 10.2. The molecular formula is C16H16BrClN2S2. The Bertz CT molecular complexity index is 603. The van der Waals surface area contributed by atoms with Crippen LogP contribution >= 0.6 is 51.5 Å². The highest BCUT2D eigenvalue weighted by molar-refractivity contribution is 9.10. The SMILES string of the molecule is S=C(NCCSCc1ccc(Cl)cc1)Nc1ccc(Br)cc1. The minimum absolute atomic E-state index is 0.648. The van der Waals surface area contributed by atoms with Crippen LogP contribution in [0, 0.1) is 0 Å². The quantitative estimate of drug-likeness (QED) is 0.492. The summed E-state index contributed by atoms with van der Waals surface area (Å²) < 4.78 is 1.05. The van der Waals surface area contributed by atoms with E-state index in [-0.39, 0.29) is 0 Å². The van der Waals surface area contributed by atoms with Gasteiger partial charge >= 0.3 is 0 Å². The van der Waals surface area contributed by atoms with Crippen molar-refractivity contribution in [2.45, 2.75) is 5.75 Å². The van der Waals surface area contributed by atoms with Crippen molar-refractivity contribution in [1.82, 2.24) is 5.32 Å². The van der Waals surface area contributed by atoms with Crippen molar-refractivity contribution in [1.29, 1.82) is 0 Å². The van der Waals surface area contributed by atoms with E-state index < -0.39 is 0 Å². The fourth-order valence-corrected chi connectivity index (χ4v) is 3.15. The number of halogens is 2. The second-order valence-electron chi connectivity index (χ2n) is 4.57. The summed E-state index contributed by atoms with van der Waals surface area (Å²) in [7, 11) is 0. The molecule has 0 radical (unpaired) electrons. The minimum Gasteiger partial charge on any atom is -0.362 e. The molecule has 2 aromatic rings. The van der Waals surface area contributed by atoms with Crippen molar-refractivity contribution in [3.8, 4) is 0 Å². The summed E-state index contributed by atoms with van der Waals surface area (Å²) in [5, 5.41) is 7.79. The molecule has 0 heterocycles. The highest BCUT2D eigenvalue weighted by atomic mass is 79.9. The molecule has 0 aliphatic heterocycles. The van der Waals surface area contributed by atoms with E-state index in [1.807, 2.05) is 48.2 Å². The molecule has 0 saturated heterocycles. The van der Waals surface area contributed by atoms with Gasteiger partial charge in [-0.3, -0.25) is 0 Å². The summed E-state index contributed by atoms with van der Waals surface area (Å²) in [5.41, 5.74) is 2.26. The number of nitrogens with one attached hydrogen (secondary N) is 2. The molecule has 6 heteroatoms. The zero-order valence-electron chi connectivity index (χ0n) is 11.8. The predicted octanol–water partition coefficient (Wildman–Crippen LogP) is 5.32. The van der Waals surface area contributed by atoms with Gasteiger partial charge in [0.15, 0.2) is 5.11 Å². The molecule has 116 valence electrons. The summed E-state index contributed by atoms with van der Waals surface area (Å²) in [5.74, 6) is 1.97. The average Bonchev–Trinajstić information content (AvgIpc) is 2.51. The van der Waals surface area contributed by atoms with Crippen LogP contribution in [0.5, 0.6) is 0 Å². The van der Waals surface area contributed by atoms with E-state index in [0.29, 0.717) is 5.11 Å². The van der Waals surface area contributed by atoms with Crippen LogP contribution in [0.25, 0.3) is 0 Å². The van der Waals surface area contributed by atoms with Crippen molar-refractivity contribution in [3.05, 3.63) is 63.6 Å². The van der Waals surface area contributed by atoms with Crippen molar-refractivity contribution < 1.29 is 0 Å². The Kier molecular flexibility index (Phi) is 7.52. The largest absolute Gasteiger partial charge is 0.362 e. The first kappa shape index (κ1) is 17.6. The molecule has 2 nitrogen and oxygen atoms in total. The van der Waals surface area contributed by atoms with Gasteiger partial charge in [0.2, 0.25) is 0 Å². The number of rotatable bonds is 6. The van der Waals surface area contributed by atoms with Gasteiger partial charge in [-0.05, 0) is 54.2 Å². The second-order valence-corrected chi connectivity index (χ2v) is 7.43. The van der Waals surface area contributed by atoms with Crippen LogP contribution in [0.4, 0.5) is 5.69 Å². The second kappa shape index (κ2) is 9.40. The van der Waals surface area contributed by atoms with Crippen LogP contribution < -0.4 is 10.6 Å². The van der Waals surface area contributed by atoms with Gasteiger partial charge in [0.05, 0.1) is 0 Å². The molecule has 0 amide bonds. The van der Waals surface area contributed by atoms with Gasteiger partial charge in [-0.2, -0.15) is 11.8 Å². The van der Waals surface area contributed by atoms with E-state index in [1.54, 1.807) is 0 Å². The zero-order chi connectivity index (χ0) is 15.8. The standard InChI is InChI=1S/C16H16BrClN2S2/c17-13-3-7-15(8-4-13)20-16(21)19-9-10-22-11-12-1-5-14(18)6-2-12/h1-8H,9-11H2,(H2,19,20,21). The Morgan fingerprint density at radius 3 is 2.45 bits per heavy atom. The monoisotopic (exact) mass is 414 g/mol. The third kappa shape index (κ3) is 6.57. The van der Waals surface area contributed by atoms with E-state index in [1.165, 1.54) is 5.56 Å². The molecule has 0 bridgehead atoms. The molecule has 2 rings (SSSR count). The van der Waals surface area contributed by atoms with E-state index in [0.717, 1.165) is 33.2 Å². The van der Waals surface area contributed by atoms with Gasteiger partial charge in [-0.1, -0.05) is 39.7 Å². The van der Waals surface area contributed by atoms with E-state index >= 15 is 0 Å². The number of thiocarbonyl (C=S) groups is 1. The maximum atomic E-state index is 5.86. The topological polar surface area (TPSA) is 24.1 Å². The summed E-state index contributed by atoms with van der Waals surface area (Å²) in [6.45, 7) is 0.834. The Hall–Kier alpha value is -0.750. The van der Waals surface area contributed by atoms with Gasteiger partial charge in [0.25, 0.3) is 0 Å². The Balaban J connectivity index is 1.61. The number of anilines is 1. The highest BCUT2D eigenvalue weighted by Crippen LogP contribution is 2.15. The van der Waals surface area contributed by atoms with E-state index in [4.69, 9.17) is 23.8 Å². The number of thioether (sulfide) groups is 1. The zero-order valence-corrected chi connectivity index (χ0v) is 15.8. The van der Waals surface area contributed by atoms with Gasteiger partial charge in [-0.15, -0.1) is 0 Å². The molecule has 22 heavy (non-hydrogen) atoms. The fourth-order valence-electron chi connectivity index (χ4n) is 1.72. The normalized spacial score (nSPS) is 10.3. The van der Waals surface area contributed by atoms with E-state index in [9.17, 15) is 0 Å². The molecule has 0 fully saturated rings. The molecule has 0 unspecified atom stereocenters. The molecular weight excluding hydrogens is 400 g/mol. The number of hydrogen-bond donors (Lipinski definition) is 2. The summed E-state index contributed by atoms with van der Waals surface area (Å²) in [6, 6.07) is 15.9. The molecule has 2 aromatic carbocycles. The molecule has 0 saturated carbocycles. The molecule has 0 aliphatic carbocycles. The van der Waals surface area contributed by atoms with Gasteiger partial charge < -0.3 is 10.6 Å². The van der Waals surface area contributed by atoms with Crippen molar-refractivity contribution in [2.75, 3.05) is 17.6 Å². The van der Waals surface area contributed by atoms with Crippen LogP contribution in [0.1, 0.15) is 5.56 Å². The summed E-state index contributed by atoms with van der Waals surface area (Å²) in [4.78, 5) is 0. The van der Waals surface area contributed by atoms with E-state index in [2.05, 4.69) is 38.7 Å². The maximum absolute atomic E-state index is 5.86. The first-order chi connectivity index (χ1) is 10.6. The highest BCUT2D eigenvalue weighted by Gasteiger charge is 1.98. The van der Waals surface area contributed by atoms with Gasteiger partial charge in [0.1, 0.15) is 0 Å². The molecule has 2 N–H and O–H groups in total. The van der Waals surface area contributed by atoms with Crippen LogP contribution in [-0.4, -0.2) is 17.4 Å². The molecule has 0 spiro atoms. The van der Waals surface area contributed by atoms with Crippen LogP contribution in [-0.2, 0) is 5.75 Å². The van der Waals surface area contributed by atoms with Crippen LogP contribution in [0.2, 0.25) is 5.02 Å². The Morgan fingerprint density at radius 2 is 1.77 bits per heavy atom. The molecule has 0 atom stereocenters. The molecule has 0 aliphatic rings. The van der Waals surface area contributed by atoms with Crippen LogP contribution in [0.15, 0.2) is 53.0 Å². The summed E-state index contributed by atoms with van der Waals surface area (Å²) >= 11 is 16.4. The Labute approximate surface area is 154 Å². The van der Waals surface area contributed by atoms with Gasteiger partial charge in [-0.25, -0.2) is 0 Å². The Morgan fingerprint density at radius 1 is 1.09 bits per heavy atom. The lowest BCUT2D eigenvalue weighted by Gasteiger charge is -2.10. The third-order valence-electron chi connectivity index (χ3n) is 2.82.